The maximum atomic E-state index is 13.0. The van der Waals surface area contributed by atoms with Gasteiger partial charge in [-0.1, -0.05) is 47.9 Å². The van der Waals surface area contributed by atoms with Gasteiger partial charge in [0, 0.05) is 73.1 Å². The second kappa shape index (κ2) is 16.0. The molecule has 0 fully saturated rings. The van der Waals surface area contributed by atoms with Crippen molar-refractivity contribution in [3.63, 3.8) is 0 Å². The third-order valence-corrected chi connectivity index (χ3v) is 10.9. The molecule has 276 valence electrons. The summed E-state index contributed by atoms with van der Waals surface area (Å²) in [6.07, 6.45) is 15.3. The minimum atomic E-state index is 0. The number of nitrogens with zero attached hydrogens (tertiary/aromatic N) is 6. The largest absolute Gasteiger partial charge is 2.00 e. The Kier molecular flexibility index (Phi) is 11.0. The van der Waals surface area contributed by atoms with Crippen LogP contribution < -0.4 is 20.0 Å². The quantitative estimate of drug-likeness (QED) is 0.145. The van der Waals surface area contributed by atoms with Crippen LogP contribution in [-0.4, -0.2) is 54.1 Å². The number of pyridine rings is 2. The number of benzene rings is 4. The predicted octanol–water partition coefficient (Wildman–Crippen LogP) is 6.69. The van der Waals surface area contributed by atoms with E-state index in [1.807, 2.05) is 60.7 Å². The Labute approximate surface area is 325 Å². The molecule has 4 aliphatic heterocycles. The van der Waals surface area contributed by atoms with Crippen molar-refractivity contribution in [2.24, 2.45) is 9.98 Å². The molecule has 0 amide bonds. The fourth-order valence-corrected chi connectivity index (χ4v) is 8.57. The van der Waals surface area contributed by atoms with E-state index in [1.54, 1.807) is 24.8 Å². The van der Waals surface area contributed by atoms with E-state index in [0.29, 0.717) is 11.1 Å². The number of fused-ring (bicyclic) bond motifs is 2. The van der Waals surface area contributed by atoms with Crippen molar-refractivity contribution in [3.05, 3.63) is 119 Å². The monoisotopic (exact) mass is 760 g/mol. The van der Waals surface area contributed by atoms with E-state index in [0.717, 1.165) is 122 Å². The van der Waals surface area contributed by atoms with Crippen molar-refractivity contribution in [2.75, 3.05) is 36.0 Å². The van der Waals surface area contributed by atoms with Crippen LogP contribution in [0, 0.1) is 0 Å². The summed E-state index contributed by atoms with van der Waals surface area (Å²) in [5.74, 6) is 0.291. The first-order chi connectivity index (χ1) is 25.6. The molecule has 0 saturated carbocycles. The van der Waals surface area contributed by atoms with Gasteiger partial charge in [0.25, 0.3) is 0 Å². The van der Waals surface area contributed by atoms with Gasteiger partial charge in [0.1, 0.15) is 0 Å². The molecule has 0 radical (unpaired) electrons. The van der Waals surface area contributed by atoms with E-state index >= 15 is 0 Å². The van der Waals surface area contributed by atoms with Gasteiger partial charge in [-0.15, -0.1) is 0 Å². The van der Waals surface area contributed by atoms with Crippen LogP contribution in [0.2, 0.25) is 0 Å². The normalized spacial score (nSPS) is 15.6. The van der Waals surface area contributed by atoms with E-state index in [1.165, 1.54) is 22.5 Å². The maximum absolute atomic E-state index is 13.0. The molecule has 54 heavy (non-hydrogen) atoms. The molecular weight excluding hydrogens is 719 g/mol. The Hall–Kier alpha value is -5.31. The Morgan fingerprint density at radius 2 is 0.963 bits per heavy atom. The number of aromatic nitrogens is 2. The number of para-hydroxylation sites is 2. The molecule has 10 rings (SSSR count). The van der Waals surface area contributed by atoms with Crippen LogP contribution >= 0.6 is 0 Å². The van der Waals surface area contributed by atoms with Crippen molar-refractivity contribution < 1.29 is 32.2 Å². The predicted molar refractivity (Wildman–Crippen MR) is 211 cm³/mol. The zero-order valence-corrected chi connectivity index (χ0v) is 31.0. The molecule has 0 unspecified atom stereocenters. The summed E-state index contributed by atoms with van der Waals surface area (Å²) in [4.78, 5) is 22.9. The summed E-state index contributed by atoms with van der Waals surface area (Å²) in [6, 6.07) is 23.9. The second-order valence-corrected chi connectivity index (χ2v) is 14.2. The molecule has 10 heteroatoms. The van der Waals surface area contributed by atoms with Gasteiger partial charge < -0.3 is 25.5 Å². The summed E-state index contributed by atoms with van der Waals surface area (Å²) in [5, 5.41) is 28.1. The fourth-order valence-electron chi connectivity index (χ4n) is 8.57. The maximum Gasteiger partial charge on any atom is 2.00 e. The SMILES string of the molecule is O.[Ni+2].[O-]c1c(C=Nc2cccc3cccnc23)cc2c3c1CCCN3CCC2.[O-]c1c(C=Nc2cccc3cccnc23)cc2c3c1CCCN3CCC2. The third-order valence-electron chi connectivity index (χ3n) is 10.9. The van der Waals surface area contributed by atoms with Crippen LogP contribution in [0.4, 0.5) is 22.7 Å². The third kappa shape index (κ3) is 6.92. The molecule has 4 aromatic carbocycles. The van der Waals surface area contributed by atoms with E-state index in [9.17, 15) is 10.2 Å². The van der Waals surface area contributed by atoms with Crippen molar-refractivity contribution in [2.45, 2.75) is 51.4 Å². The van der Waals surface area contributed by atoms with Crippen LogP contribution in [0.15, 0.2) is 95.2 Å². The van der Waals surface area contributed by atoms with Gasteiger partial charge in [-0.25, -0.2) is 0 Å². The fraction of sp³-hybridized carbons (Fsp3) is 0.273. The average molecular weight is 762 g/mol. The smallest absolute Gasteiger partial charge is 0.872 e. The van der Waals surface area contributed by atoms with Crippen molar-refractivity contribution in [1.29, 1.82) is 0 Å². The van der Waals surface area contributed by atoms with Crippen LogP contribution in [0.1, 0.15) is 59.1 Å². The van der Waals surface area contributed by atoms with Gasteiger partial charge in [-0.3, -0.25) is 20.0 Å². The van der Waals surface area contributed by atoms with Crippen LogP contribution in [-0.2, 0) is 42.2 Å². The standard InChI is InChI=1S/2C22H21N3O.Ni.H2O/c2*26-22-17(13-16-7-3-11-25-12-4-8-18(22)21(16)25)14-24-19-9-1-5-15-6-2-10-23-20(15)19;;/h2*1-2,5-6,9-10,13-14,26H,3-4,7-8,11-12H2;;1H2/q;;+2;/p-2. The summed E-state index contributed by atoms with van der Waals surface area (Å²) in [5.41, 5.74) is 11.8. The number of hydrogen-bond donors (Lipinski definition) is 0. The minimum Gasteiger partial charge on any atom is -0.872 e. The molecule has 0 saturated heterocycles. The number of anilines is 2. The van der Waals surface area contributed by atoms with E-state index in [4.69, 9.17) is 0 Å². The Morgan fingerprint density at radius 1 is 0.556 bits per heavy atom. The van der Waals surface area contributed by atoms with Crippen molar-refractivity contribution >= 4 is 57.0 Å². The van der Waals surface area contributed by atoms with Gasteiger partial charge in [0.2, 0.25) is 0 Å². The summed E-state index contributed by atoms with van der Waals surface area (Å²) in [6.45, 7) is 4.31. The van der Waals surface area contributed by atoms with E-state index in [-0.39, 0.29) is 33.5 Å². The molecule has 2 aromatic heterocycles. The first-order valence-corrected chi connectivity index (χ1v) is 18.6. The van der Waals surface area contributed by atoms with Gasteiger partial charge >= 0.3 is 16.5 Å². The molecule has 2 N–H and O–H groups in total. The number of hydrogen-bond acceptors (Lipinski definition) is 8. The average Bonchev–Trinajstić information content (AvgIpc) is 3.20. The van der Waals surface area contributed by atoms with E-state index in [2.05, 4.69) is 41.9 Å². The molecule has 6 heterocycles. The summed E-state index contributed by atoms with van der Waals surface area (Å²) < 4.78 is 0. The first kappa shape index (κ1) is 37.0. The first-order valence-electron chi connectivity index (χ1n) is 18.6. The number of rotatable bonds is 4. The Morgan fingerprint density at radius 3 is 1.41 bits per heavy atom. The van der Waals surface area contributed by atoms with Crippen molar-refractivity contribution in [1.82, 2.24) is 9.97 Å². The second-order valence-electron chi connectivity index (χ2n) is 14.2. The zero-order valence-electron chi connectivity index (χ0n) is 30.0. The van der Waals surface area contributed by atoms with Crippen LogP contribution in [0.3, 0.4) is 0 Å². The molecule has 0 aliphatic carbocycles. The molecule has 6 aromatic rings. The van der Waals surface area contributed by atoms with Crippen LogP contribution in [0.25, 0.3) is 21.8 Å². The summed E-state index contributed by atoms with van der Waals surface area (Å²) in [7, 11) is 0. The molecule has 0 atom stereocenters. The molecule has 0 bridgehead atoms. The van der Waals surface area contributed by atoms with Gasteiger partial charge in [0.05, 0.1) is 22.4 Å². The van der Waals surface area contributed by atoms with Crippen molar-refractivity contribution in [3.8, 4) is 11.5 Å². The molecular formula is C44H42N6NiO3. The van der Waals surface area contributed by atoms with Crippen LogP contribution in [0.5, 0.6) is 11.5 Å². The van der Waals surface area contributed by atoms with Gasteiger partial charge in [-0.05, 0) is 121 Å². The summed E-state index contributed by atoms with van der Waals surface area (Å²) >= 11 is 0. The topological polar surface area (TPSA) is 135 Å². The Bertz CT molecular complexity index is 2210. The minimum absolute atomic E-state index is 0. The van der Waals surface area contributed by atoms with Gasteiger partial charge in [-0.2, -0.15) is 0 Å². The molecule has 4 aliphatic rings. The molecule has 0 spiro atoms. The molecule has 9 nitrogen and oxygen atoms in total. The zero-order chi connectivity index (χ0) is 35.0. The van der Waals surface area contributed by atoms with Gasteiger partial charge in [0.15, 0.2) is 0 Å². The number of aryl methyl sites for hydroxylation is 2. The number of aliphatic imine (C=N–C) groups is 2. The Balaban J connectivity index is 0.000000161. The van der Waals surface area contributed by atoms with E-state index < -0.39 is 0 Å².